The van der Waals surface area contributed by atoms with E-state index < -0.39 is 0 Å². The molecule has 1 aromatic carbocycles. The van der Waals surface area contributed by atoms with E-state index in [0.29, 0.717) is 25.0 Å². The topological polar surface area (TPSA) is 45.4 Å². The molecule has 0 saturated carbocycles. The van der Waals surface area contributed by atoms with Crippen molar-refractivity contribution in [3.63, 3.8) is 0 Å². The zero-order valence-electron chi connectivity index (χ0n) is 15.3. The lowest BCUT2D eigenvalue weighted by Gasteiger charge is -2.26. The SMILES string of the molecule is Cc1ccc(F)c(CN2CCC[C@@H](N(C)Cc3noc(C)n3)CC2)c1. The first kappa shape index (κ1) is 18.0. The standard InChI is InChI=1S/C19H27FN4O/c1-14-6-7-18(20)16(11-14)12-24-9-4-5-17(8-10-24)23(3)13-19-21-15(2)25-22-19/h6-7,11,17H,4-5,8-10,12-13H2,1-3H3/t17-/m1/s1. The van der Waals surface area contributed by atoms with Gasteiger partial charge in [0, 0.05) is 25.1 Å². The minimum atomic E-state index is -0.101. The maximum absolute atomic E-state index is 14.0. The molecule has 1 aliphatic rings. The van der Waals surface area contributed by atoms with E-state index in [-0.39, 0.29) is 5.82 Å². The maximum Gasteiger partial charge on any atom is 0.223 e. The number of aromatic nitrogens is 2. The van der Waals surface area contributed by atoms with Crippen LogP contribution in [-0.2, 0) is 13.1 Å². The molecule has 0 N–H and O–H groups in total. The van der Waals surface area contributed by atoms with Crippen molar-refractivity contribution in [1.82, 2.24) is 19.9 Å². The minimum absolute atomic E-state index is 0.101. The lowest BCUT2D eigenvalue weighted by atomic mass is 10.1. The fourth-order valence-electron chi connectivity index (χ4n) is 3.56. The van der Waals surface area contributed by atoms with Crippen LogP contribution in [0, 0.1) is 19.7 Å². The van der Waals surface area contributed by atoms with Crippen LogP contribution in [0.25, 0.3) is 0 Å². The van der Waals surface area contributed by atoms with Crippen LogP contribution in [0.15, 0.2) is 22.7 Å². The van der Waals surface area contributed by atoms with Gasteiger partial charge in [-0.1, -0.05) is 22.9 Å². The molecule has 1 atom stereocenters. The van der Waals surface area contributed by atoms with Crippen molar-refractivity contribution < 1.29 is 8.91 Å². The van der Waals surface area contributed by atoms with E-state index in [1.165, 1.54) is 0 Å². The van der Waals surface area contributed by atoms with Gasteiger partial charge in [-0.2, -0.15) is 4.98 Å². The maximum atomic E-state index is 14.0. The first-order valence-corrected chi connectivity index (χ1v) is 8.98. The highest BCUT2D eigenvalue weighted by atomic mass is 19.1. The van der Waals surface area contributed by atoms with Gasteiger partial charge in [-0.05, 0) is 52.4 Å². The van der Waals surface area contributed by atoms with E-state index in [9.17, 15) is 4.39 Å². The van der Waals surface area contributed by atoms with Crippen molar-refractivity contribution >= 4 is 0 Å². The van der Waals surface area contributed by atoms with Crippen LogP contribution in [-0.4, -0.2) is 46.1 Å². The summed E-state index contributed by atoms with van der Waals surface area (Å²) in [5.41, 5.74) is 1.91. The quantitative estimate of drug-likeness (QED) is 0.831. The van der Waals surface area contributed by atoms with E-state index >= 15 is 0 Å². The zero-order chi connectivity index (χ0) is 17.8. The van der Waals surface area contributed by atoms with Crippen LogP contribution in [0.4, 0.5) is 4.39 Å². The zero-order valence-corrected chi connectivity index (χ0v) is 15.3. The number of halogens is 1. The number of likely N-dealkylation sites (tertiary alicyclic amines) is 1. The van der Waals surface area contributed by atoms with Gasteiger partial charge in [-0.15, -0.1) is 0 Å². The average molecular weight is 346 g/mol. The van der Waals surface area contributed by atoms with Gasteiger partial charge in [-0.3, -0.25) is 9.80 Å². The summed E-state index contributed by atoms with van der Waals surface area (Å²) in [6, 6.07) is 5.85. The van der Waals surface area contributed by atoms with Crippen molar-refractivity contribution in [3.8, 4) is 0 Å². The molecule has 5 nitrogen and oxygen atoms in total. The molecule has 2 aromatic rings. The first-order valence-electron chi connectivity index (χ1n) is 8.98. The fourth-order valence-corrected chi connectivity index (χ4v) is 3.56. The number of rotatable bonds is 5. The molecule has 0 unspecified atom stereocenters. The highest BCUT2D eigenvalue weighted by Crippen LogP contribution is 2.20. The van der Waals surface area contributed by atoms with Gasteiger partial charge in [0.25, 0.3) is 0 Å². The third-order valence-corrected chi connectivity index (χ3v) is 4.97. The molecule has 0 spiro atoms. The number of aryl methyl sites for hydroxylation is 2. The first-order chi connectivity index (χ1) is 12.0. The Labute approximate surface area is 148 Å². The predicted octanol–water partition coefficient (Wildman–Crippen LogP) is 3.31. The minimum Gasteiger partial charge on any atom is -0.340 e. The summed E-state index contributed by atoms with van der Waals surface area (Å²) in [4.78, 5) is 8.96. The molecule has 1 aliphatic heterocycles. The molecule has 3 rings (SSSR count). The van der Waals surface area contributed by atoms with Crippen molar-refractivity contribution in [3.05, 3.63) is 46.9 Å². The number of nitrogens with zero attached hydrogens (tertiary/aromatic N) is 4. The van der Waals surface area contributed by atoms with Gasteiger partial charge >= 0.3 is 0 Å². The van der Waals surface area contributed by atoms with Crippen LogP contribution in [0.5, 0.6) is 0 Å². The van der Waals surface area contributed by atoms with Gasteiger partial charge in [0.1, 0.15) is 5.82 Å². The van der Waals surface area contributed by atoms with Gasteiger partial charge < -0.3 is 4.52 Å². The van der Waals surface area contributed by atoms with Crippen LogP contribution in [0.1, 0.15) is 42.1 Å². The number of hydrogen-bond acceptors (Lipinski definition) is 5. The fraction of sp³-hybridized carbons (Fsp3) is 0.579. The Bertz CT molecular complexity index is 702. The third kappa shape index (κ3) is 4.86. The summed E-state index contributed by atoms with van der Waals surface area (Å²) in [5, 5.41) is 3.98. The largest absolute Gasteiger partial charge is 0.340 e. The Morgan fingerprint density at radius 1 is 1.28 bits per heavy atom. The second kappa shape index (κ2) is 8.06. The number of hydrogen-bond donors (Lipinski definition) is 0. The molecule has 0 amide bonds. The second-order valence-electron chi connectivity index (χ2n) is 7.10. The Kier molecular flexibility index (Phi) is 5.81. The van der Waals surface area contributed by atoms with Crippen molar-refractivity contribution in [2.45, 2.75) is 52.2 Å². The van der Waals surface area contributed by atoms with Gasteiger partial charge in [-0.25, -0.2) is 4.39 Å². The van der Waals surface area contributed by atoms with Gasteiger partial charge in [0.15, 0.2) is 5.82 Å². The third-order valence-electron chi connectivity index (χ3n) is 4.97. The van der Waals surface area contributed by atoms with E-state index in [4.69, 9.17) is 4.52 Å². The molecule has 0 radical (unpaired) electrons. The van der Waals surface area contributed by atoms with E-state index in [1.54, 1.807) is 6.07 Å². The van der Waals surface area contributed by atoms with E-state index in [0.717, 1.165) is 49.3 Å². The molecule has 6 heteroatoms. The molecule has 2 heterocycles. The molecule has 0 aliphatic carbocycles. The Hall–Kier alpha value is -1.79. The molecule has 1 saturated heterocycles. The second-order valence-corrected chi connectivity index (χ2v) is 7.10. The molecular weight excluding hydrogens is 319 g/mol. The van der Waals surface area contributed by atoms with Gasteiger partial charge in [0.2, 0.25) is 5.89 Å². The monoisotopic (exact) mass is 346 g/mol. The highest BCUT2D eigenvalue weighted by Gasteiger charge is 2.22. The van der Waals surface area contributed by atoms with Crippen molar-refractivity contribution in [2.75, 3.05) is 20.1 Å². The highest BCUT2D eigenvalue weighted by molar-refractivity contribution is 5.24. The Morgan fingerprint density at radius 3 is 2.88 bits per heavy atom. The van der Waals surface area contributed by atoms with E-state index in [1.807, 2.05) is 26.0 Å². The normalized spacial score (nSPS) is 19.3. The van der Waals surface area contributed by atoms with Crippen molar-refractivity contribution in [2.24, 2.45) is 0 Å². The predicted molar refractivity (Wildman–Crippen MR) is 94.6 cm³/mol. The molecule has 136 valence electrons. The van der Waals surface area contributed by atoms with Crippen LogP contribution >= 0.6 is 0 Å². The lowest BCUT2D eigenvalue weighted by molar-refractivity contribution is 0.199. The molecule has 1 fully saturated rings. The molecule has 25 heavy (non-hydrogen) atoms. The van der Waals surface area contributed by atoms with Crippen LogP contribution in [0.2, 0.25) is 0 Å². The van der Waals surface area contributed by atoms with E-state index in [2.05, 4.69) is 27.0 Å². The molecule has 0 bridgehead atoms. The summed E-state index contributed by atoms with van der Waals surface area (Å²) in [7, 11) is 2.12. The average Bonchev–Trinajstić information content (AvgIpc) is 2.83. The Morgan fingerprint density at radius 2 is 2.12 bits per heavy atom. The summed E-state index contributed by atoms with van der Waals surface area (Å²) < 4.78 is 19.1. The van der Waals surface area contributed by atoms with Crippen LogP contribution < -0.4 is 0 Å². The van der Waals surface area contributed by atoms with Gasteiger partial charge in [0.05, 0.1) is 6.54 Å². The van der Waals surface area contributed by atoms with Crippen LogP contribution in [0.3, 0.4) is 0 Å². The van der Waals surface area contributed by atoms with Crippen molar-refractivity contribution in [1.29, 1.82) is 0 Å². The molecular formula is C19H27FN4O. The summed E-state index contributed by atoms with van der Waals surface area (Å²) in [5.74, 6) is 1.24. The molecule has 1 aromatic heterocycles. The number of benzene rings is 1. The smallest absolute Gasteiger partial charge is 0.223 e. The lowest BCUT2D eigenvalue weighted by Crippen LogP contribution is -2.33. The summed E-state index contributed by atoms with van der Waals surface area (Å²) in [6.45, 7) is 7.20. The summed E-state index contributed by atoms with van der Waals surface area (Å²) >= 11 is 0. The Balaban J connectivity index is 1.55. The summed E-state index contributed by atoms with van der Waals surface area (Å²) in [6.07, 6.45) is 3.33.